The maximum absolute atomic E-state index is 14.4. The second-order valence-electron chi connectivity index (χ2n) is 6.92. The summed E-state index contributed by atoms with van der Waals surface area (Å²) < 4.78 is 14.4. The first-order valence-corrected chi connectivity index (χ1v) is 9.36. The summed E-state index contributed by atoms with van der Waals surface area (Å²) >= 11 is 0. The third-order valence-electron chi connectivity index (χ3n) is 4.63. The summed E-state index contributed by atoms with van der Waals surface area (Å²) in [6, 6.07) is 11.4. The topological polar surface area (TPSA) is 96.5 Å². The molecule has 0 radical (unpaired) electrons. The summed E-state index contributed by atoms with van der Waals surface area (Å²) in [6.07, 6.45) is 4.64. The van der Waals surface area contributed by atoms with Gasteiger partial charge in [0.2, 0.25) is 0 Å². The molecular weight excluding hydrogens is 383 g/mol. The normalized spacial score (nSPS) is 11.8. The van der Waals surface area contributed by atoms with E-state index < -0.39 is 5.82 Å². The number of halogens is 1. The number of carbonyl (C=O) groups excluding carboxylic acids is 1. The zero-order chi connectivity index (χ0) is 21.1. The number of carbonyl (C=O) groups is 1. The van der Waals surface area contributed by atoms with Crippen LogP contribution in [0, 0.1) is 12.7 Å². The van der Waals surface area contributed by atoms with E-state index in [2.05, 4.69) is 30.5 Å². The molecule has 7 nitrogen and oxygen atoms in total. The maximum atomic E-state index is 14.4. The highest BCUT2D eigenvalue weighted by Crippen LogP contribution is 2.28. The zero-order valence-electron chi connectivity index (χ0n) is 16.4. The molecule has 1 amide bonds. The van der Waals surface area contributed by atoms with Gasteiger partial charge in [-0.1, -0.05) is 6.07 Å². The molecular formula is C22H19FN6O. The van der Waals surface area contributed by atoms with E-state index >= 15 is 0 Å². The lowest BCUT2D eigenvalue weighted by atomic mass is 9.99. The average Bonchev–Trinajstić information content (AvgIpc) is 3.29. The molecule has 0 saturated heterocycles. The molecule has 0 aliphatic heterocycles. The van der Waals surface area contributed by atoms with Gasteiger partial charge in [-0.25, -0.2) is 9.37 Å². The lowest BCUT2D eigenvalue weighted by Gasteiger charge is -2.13. The van der Waals surface area contributed by atoms with Crippen molar-refractivity contribution >= 4 is 5.91 Å². The molecule has 0 bridgehead atoms. The van der Waals surface area contributed by atoms with Crippen molar-refractivity contribution in [2.75, 3.05) is 0 Å². The van der Waals surface area contributed by atoms with Gasteiger partial charge in [-0.15, -0.1) is 0 Å². The molecule has 0 fully saturated rings. The fraction of sp³-hybridized carbons (Fsp3) is 0.136. The third-order valence-corrected chi connectivity index (χ3v) is 4.63. The fourth-order valence-corrected chi connectivity index (χ4v) is 3.05. The molecule has 8 heteroatoms. The third kappa shape index (κ3) is 4.07. The van der Waals surface area contributed by atoms with Crippen molar-refractivity contribution < 1.29 is 9.18 Å². The second-order valence-corrected chi connectivity index (χ2v) is 6.92. The molecule has 0 unspecified atom stereocenters. The number of pyridine rings is 2. The smallest absolute Gasteiger partial charge is 0.251 e. The Bertz CT molecular complexity index is 1170. The Morgan fingerprint density at radius 3 is 2.63 bits per heavy atom. The van der Waals surface area contributed by atoms with E-state index in [1.54, 1.807) is 31.3 Å². The first kappa shape index (κ1) is 19.4. The highest BCUT2D eigenvalue weighted by molar-refractivity contribution is 5.97. The van der Waals surface area contributed by atoms with Crippen LogP contribution in [-0.2, 0) is 0 Å². The van der Waals surface area contributed by atoms with Gasteiger partial charge in [0.25, 0.3) is 5.91 Å². The Hall–Kier alpha value is -3.94. The minimum absolute atomic E-state index is 0.170. The van der Waals surface area contributed by atoms with Gasteiger partial charge in [0.15, 0.2) is 0 Å². The van der Waals surface area contributed by atoms with Crippen LogP contribution < -0.4 is 5.32 Å². The van der Waals surface area contributed by atoms with Crippen molar-refractivity contribution in [1.29, 1.82) is 0 Å². The van der Waals surface area contributed by atoms with Crippen molar-refractivity contribution in [3.8, 4) is 22.5 Å². The molecule has 150 valence electrons. The molecule has 0 saturated carbocycles. The first-order chi connectivity index (χ1) is 14.5. The highest BCUT2D eigenvalue weighted by atomic mass is 19.1. The van der Waals surface area contributed by atoms with Crippen LogP contribution in [0.4, 0.5) is 4.39 Å². The summed E-state index contributed by atoms with van der Waals surface area (Å²) in [6.45, 7) is 3.74. The highest BCUT2D eigenvalue weighted by Gasteiger charge is 2.17. The average molecular weight is 402 g/mol. The van der Waals surface area contributed by atoms with E-state index in [0.29, 0.717) is 28.2 Å². The molecule has 1 aromatic carbocycles. The van der Waals surface area contributed by atoms with Crippen molar-refractivity contribution in [2.24, 2.45) is 0 Å². The van der Waals surface area contributed by atoms with Crippen LogP contribution >= 0.6 is 0 Å². The molecule has 3 heterocycles. The van der Waals surface area contributed by atoms with E-state index in [1.807, 2.05) is 19.1 Å². The van der Waals surface area contributed by atoms with E-state index in [-0.39, 0.29) is 17.6 Å². The fourth-order valence-electron chi connectivity index (χ4n) is 3.05. The van der Waals surface area contributed by atoms with Crippen LogP contribution in [0.1, 0.15) is 34.7 Å². The van der Waals surface area contributed by atoms with E-state index in [1.165, 1.54) is 24.7 Å². The van der Waals surface area contributed by atoms with Crippen molar-refractivity contribution in [3.63, 3.8) is 0 Å². The molecule has 0 spiro atoms. The number of amides is 1. The van der Waals surface area contributed by atoms with Gasteiger partial charge in [0.05, 0.1) is 11.7 Å². The van der Waals surface area contributed by atoms with Gasteiger partial charge >= 0.3 is 0 Å². The standard InChI is InChI=1S/C22H19FN6O/c1-13-5-6-19(25-11-13)15-8-16(20-18(23)4-3-7-24-20)10-17(9-15)22(30)28-14(2)21-26-12-27-29-21/h3-12,14H,1-2H3,(H,28,30)(H,26,27,29)/t14-/m1/s1. The number of nitrogens with one attached hydrogen (secondary N) is 2. The van der Waals surface area contributed by atoms with Crippen molar-refractivity contribution in [3.05, 3.63) is 84.0 Å². The number of nitrogens with zero attached hydrogens (tertiary/aromatic N) is 4. The van der Waals surface area contributed by atoms with E-state index in [9.17, 15) is 9.18 Å². The van der Waals surface area contributed by atoms with E-state index in [4.69, 9.17) is 0 Å². The summed E-state index contributed by atoms with van der Waals surface area (Å²) in [5, 5.41) is 9.41. The summed E-state index contributed by atoms with van der Waals surface area (Å²) in [4.78, 5) is 25.6. The molecule has 0 aliphatic carbocycles. The van der Waals surface area contributed by atoms with Crippen LogP contribution in [0.15, 0.2) is 61.2 Å². The lowest BCUT2D eigenvalue weighted by molar-refractivity contribution is 0.0938. The van der Waals surface area contributed by atoms with Crippen LogP contribution in [0.3, 0.4) is 0 Å². The number of rotatable bonds is 5. The Balaban J connectivity index is 1.76. The largest absolute Gasteiger partial charge is 0.342 e. The van der Waals surface area contributed by atoms with E-state index in [0.717, 1.165) is 5.56 Å². The van der Waals surface area contributed by atoms with Crippen molar-refractivity contribution in [2.45, 2.75) is 19.9 Å². The van der Waals surface area contributed by atoms with Crippen LogP contribution in [0.5, 0.6) is 0 Å². The summed E-state index contributed by atoms with van der Waals surface area (Å²) in [5.41, 5.74) is 3.41. The monoisotopic (exact) mass is 402 g/mol. The summed E-state index contributed by atoms with van der Waals surface area (Å²) in [7, 11) is 0. The van der Waals surface area contributed by atoms with Gasteiger partial charge in [-0.2, -0.15) is 5.10 Å². The van der Waals surface area contributed by atoms with Crippen LogP contribution in [-0.4, -0.2) is 31.1 Å². The molecule has 2 N–H and O–H groups in total. The Kier molecular flexibility index (Phi) is 5.30. The Labute approximate surface area is 172 Å². The number of hydrogen-bond donors (Lipinski definition) is 2. The minimum Gasteiger partial charge on any atom is -0.342 e. The predicted molar refractivity (Wildman–Crippen MR) is 110 cm³/mol. The summed E-state index contributed by atoms with van der Waals surface area (Å²) in [5.74, 6) is -0.256. The Morgan fingerprint density at radius 1 is 1.10 bits per heavy atom. The number of hydrogen-bond acceptors (Lipinski definition) is 5. The molecule has 4 aromatic rings. The predicted octanol–water partition coefficient (Wildman–Crippen LogP) is 3.87. The van der Waals surface area contributed by atoms with Crippen LogP contribution in [0.25, 0.3) is 22.5 Å². The number of benzene rings is 1. The maximum Gasteiger partial charge on any atom is 0.251 e. The van der Waals surface area contributed by atoms with Gasteiger partial charge < -0.3 is 5.32 Å². The van der Waals surface area contributed by atoms with Gasteiger partial charge in [-0.05, 0) is 55.8 Å². The molecule has 1 atom stereocenters. The second kappa shape index (κ2) is 8.20. The number of aromatic nitrogens is 5. The van der Waals surface area contributed by atoms with Crippen molar-refractivity contribution in [1.82, 2.24) is 30.5 Å². The Morgan fingerprint density at radius 2 is 1.93 bits per heavy atom. The quantitative estimate of drug-likeness (QED) is 0.528. The van der Waals surface area contributed by atoms with Gasteiger partial charge in [-0.3, -0.25) is 19.9 Å². The SMILES string of the molecule is Cc1ccc(-c2cc(C(=O)N[C@H](C)c3ncn[nH]3)cc(-c3ncccc3F)c2)nc1. The molecule has 4 rings (SSSR count). The number of aromatic amines is 1. The van der Waals surface area contributed by atoms with Crippen LogP contribution in [0.2, 0.25) is 0 Å². The number of H-pyrrole nitrogens is 1. The molecule has 3 aromatic heterocycles. The van der Waals surface area contributed by atoms with Gasteiger partial charge in [0, 0.05) is 29.1 Å². The first-order valence-electron chi connectivity index (χ1n) is 9.36. The molecule has 0 aliphatic rings. The molecule has 30 heavy (non-hydrogen) atoms. The van der Waals surface area contributed by atoms with Gasteiger partial charge in [0.1, 0.15) is 23.7 Å². The number of aryl methyl sites for hydroxylation is 1. The zero-order valence-corrected chi connectivity index (χ0v) is 16.4. The lowest BCUT2D eigenvalue weighted by Crippen LogP contribution is -2.27. The minimum atomic E-state index is -0.465.